The largest absolute Gasteiger partial charge is 0.481 e. The zero-order chi connectivity index (χ0) is 19.2. The van der Waals surface area contributed by atoms with Crippen molar-refractivity contribution in [1.82, 2.24) is 4.72 Å². The number of thiophene rings is 1. The molecule has 0 aliphatic rings. The highest BCUT2D eigenvalue weighted by Crippen LogP contribution is 2.31. The maximum Gasteiger partial charge on any atom is 0.416 e. The summed E-state index contributed by atoms with van der Waals surface area (Å²) in [6, 6.07) is 7.76. The van der Waals surface area contributed by atoms with Gasteiger partial charge in [-0.25, -0.2) is 8.42 Å². The third kappa shape index (κ3) is 5.76. The van der Waals surface area contributed by atoms with Gasteiger partial charge < -0.3 is 4.74 Å². The summed E-state index contributed by atoms with van der Waals surface area (Å²) >= 11 is 1.19. The van der Waals surface area contributed by atoms with Crippen LogP contribution in [-0.4, -0.2) is 21.6 Å². The van der Waals surface area contributed by atoms with Crippen LogP contribution in [0.15, 0.2) is 40.6 Å². The van der Waals surface area contributed by atoms with Crippen molar-refractivity contribution in [1.29, 1.82) is 0 Å². The molecule has 0 radical (unpaired) electrons. The standard InChI is InChI=1S/C17H16F3NO3S2/c1-2-15-8-9-16(25-15)26(22,23)21-10-3-4-11-24-14-7-5-6-13(12-14)17(18,19)20/h5-9,12,21H,2,10-11H2,1H3. The van der Waals surface area contributed by atoms with E-state index in [0.717, 1.165) is 23.4 Å². The minimum Gasteiger partial charge on any atom is -0.481 e. The van der Waals surface area contributed by atoms with Gasteiger partial charge in [0.05, 0.1) is 12.1 Å². The molecule has 0 unspecified atom stereocenters. The zero-order valence-corrected chi connectivity index (χ0v) is 15.4. The molecular weight excluding hydrogens is 387 g/mol. The lowest BCUT2D eigenvalue weighted by atomic mass is 10.2. The Morgan fingerprint density at radius 2 is 1.96 bits per heavy atom. The van der Waals surface area contributed by atoms with E-state index in [-0.39, 0.29) is 23.1 Å². The first-order valence-corrected chi connectivity index (χ1v) is 9.86. The Balaban J connectivity index is 1.84. The topological polar surface area (TPSA) is 55.4 Å². The van der Waals surface area contributed by atoms with E-state index < -0.39 is 21.8 Å². The number of aryl methyl sites for hydroxylation is 1. The fourth-order valence-corrected chi connectivity index (χ4v) is 4.15. The smallest absolute Gasteiger partial charge is 0.416 e. The Morgan fingerprint density at radius 1 is 1.19 bits per heavy atom. The second-order valence-electron chi connectivity index (χ2n) is 5.07. The number of sulfonamides is 1. The number of benzene rings is 1. The van der Waals surface area contributed by atoms with Crippen LogP contribution in [-0.2, 0) is 22.6 Å². The van der Waals surface area contributed by atoms with Gasteiger partial charge in [-0.2, -0.15) is 17.9 Å². The van der Waals surface area contributed by atoms with E-state index in [0.29, 0.717) is 0 Å². The number of halogens is 3. The van der Waals surface area contributed by atoms with Gasteiger partial charge >= 0.3 is 6.18 Å². The van der Waals surface area contributed by atoms with Crippen molar-refractivity contribution in [3.63, 3.8) is 0 Å². The Kier molecular flexibility index (Phi) is 6.69. The van der Waals surface area contributed by atoms with E-state index in [4.69, 9.17) is 4.74 Å². The number of rotatable bonds is 6. The van der Waals surface area contributed by atoms with Gasteiger partial charge in [0.25, 0.3) is 10.0 Å². The molecule has 2 rings (SSSR count). The van der Waals surface area contributed by atoms with E-state index in [1.807, 2.05) is 6.92 Å². The monoisotopic (exact) mass is 403 g/mol. The first-order valence-electron chi connectivity index (χ1n) is 7.56. The molecule has 4 nitrogen and oxygen atoms in total. The molecule has 1 aromatic heterocycles. The molecule has 0 spiro atoms. The maximum absolute atomic E-state index is 12.6. The Bertz CT molecular complexity index is 909. The molecule has 0 fully saturated rings. The van der Waals surface area contributed by atoms with E-state index >= 15 is 0 Å². The van der Waals surface area contributed by atoms with Gasteiger partial charge in [0.2, 0.25) is 0 Å². The average molecular weight is 403 g/mol. The molecule has 1 aromatic carbocycles. The van der Waals surface area contributed by atoms with E-state index in [9.17, 15) is 21.6 Å². The van der Waals surface area contributed by atoms with Crippen LogP contribution < -0.4 is 9.46 Å². The Labute approximate surface area is 154 Å². The van der Waals surface area contributed by atoms with Gasteiger partial charge in [0.1, 0.15) is 16.6 Å². The van der Waals surface area contributed by atoms with Gasteiger partial charge in [-0.15, -0.1) is 11.3 Å². The van der Waals surface area contributed by atoms with E-state index in [1.165, 1.54) is 29.5 Å². The second-order valence-corrected chi connectivity index (χ2v) is 8.23. The first-order chi connectivity index (χ1) is 12.2. The molecule has 0 aliphatic carbocycles. The number of hydrogen-bond donors (Lipinski definition) is 1. The van der Waals surface area contributed by atoms with Crippen molar-refractivity contribution in [3.8, 4) is 17.6 Å². The number of hydrogen-bond acceptors (Lipinski definition) is 4. The Morgan fingerprint density at radius 3 is 2.62 bits per heavy atom. The predicted molar refractivity (Wildman–Crippen MR) is 93.6 cm³/mol. The summed E-state index contributed by atoms with van der Waals surface area (Å²) in [6.07, 6.45) is -3.68. The molecule has 1 N–H and O–H groups in total. The van der Waals surface area contributed by atoms with E-state index in [1.54, 1.807) is 6.07 Å². The molecule has 1 heterocycles. The van der Waals surface area contributed by atoms with Crippen LogP contribution in [0.25, 0.3) is 0 Å². The second kappa shape index (κ2) is 8.58. The molecule has 0 bridgehead atoms. The van der Waals surface area contributed by atoms with Gasteiger partial charge in [-0.05, 0) is 36.8 Å². The van der Waals surface area contributed by atoms with Gasteiger partial charge in [0, 0.05) is 4.88 Å². The number of ether oxygens (including phenoxy) is 1. The van der Waals surface area contributed by atoms with Crippen LogP contribution >= 0.6 is 11.3 Å². The molecule has 0 saturated carbocycles. The molecule has 0 aliphatic heterocycles. The minimum atomic E-state index is -4.44. The maximum atomic E-state index is 12.6. The lowest BCUT2D eigenvalue weighted by Crippen LogP contribution is -2.23. The van der Waals surface area contributed by atoms with Crippen molar-refractivity contribution in [2.24, 2.45) is 0 Å². The van der Waals surface area contributed by atoms with Crippen molar-refractivity contribution in [2.45, 2.75) is 23.7 Å². The predicted octanol–water partition coefficient (Wildman–Crippen LogP) is 3.69. The molecular formula is C17H16F3NO3S2. The first kappa shape index (κ1) is 20.3. The van der Waals surface area contributed by atoms with Gasteiger partial charge in [-0.3, -0.25) is 0 Å². The SMILES string of the molecule is CCc1ccc(S(=O)(=O)NCC#CCOc2cccc(C(F)(F)F)c2)s1. The highest BCUT2D eigenvalue weighted by molar-refractivity contribution is 7.91. The quantitative estimate of drug-likeness (QED) is 0.749. The van der Waals surface area contributed by atoms with Crippen molar-refractivity contribution < 1.29 is 26.3 Å². The van der Waals surface area contributed by atoms with Crippen LogP contribution in [0.1, 0.15) is 17.4 Å². The summed E-state index contributed by atoms with van der Waals surface area (Å²) in [5.74, 6) is 5.16. The zero-order valence-electron chi connectivity index (χ0n) is 13.8. The normalized spacial score (nSPS) is 11.7. The average Bonchev–Trinajstić information content (AvgIpc) is 3.07. The Hall–Kier alpha value is -2.02. The summed E-state index contributed by atoms with van der Waals surface area (Å²) in [4.78, 5) is 0.964. The van der Waals surface area contributed by atoms with Crippen LogP contribution in [0.4, 0.5) is 13.2 Å². The van der Waals surface area contributed by atoms with Crippen molar-refractivity contribution in [2.75, 3.05) is 13.2 Å². The summed E-state index contributed by atoms with van der Waals surface area (Å²) in [5, 5.41) is 0. The number of alkyl halides is 3. The summed E-state index contributed by atoms with van der Waals surface area (Å²) in [5.41, 5.74) is -0.807. The molecule has 0 atom stereocenters. The lowest BCUT2D eigenvalue weighted by Gasteiger charge is -2.08. The third-order valence-electron chi connectivity index (χ3n) is 3.20. The fourth-order valence-electron chi connectivity index (χ4n) is 1.89. The fraction of sp³-hybridized carbons (Fsp3) is 0.294. The van der Waals surface area contributed by atoms with Crippen LogP contribution in [0.5, 0.6) is 5.75 Å². The summed E-state index contributed by atoms with van der Waals surface area (Å²) < 4.78 is 69.5. The summed E-state index contributed by atoms with van der Waals surface area (Å²) in [6.45, 7) is 1.67. The van der Waals surface area contributed by atoms with Crippen LogP contribution in [0.2, 0.25) is 0 Å². The van der Waals surface area contributed by atoms with E-state index in [2.05, 4.69) is 16.6 Å². The van der Waals surface area contributed by atoms with Gasteiger partial charge in [0.15, 0.2) is 0 Å². The number of nitrogens with one attached hydrogen (secondary N) is 1. The third-order valence-corrected chi connectivity index (χ3v) is 6.32. The molecule has 0 saturated heterocycles. The van der Waals surface area contributed by atoms with Crippen LogP contribution in [0.3, 0.4) is 0 Å². The molecule has 2 aromatic rings. The molecule has 9 heteroatoms. The van der Waals surface area contributed by atoms with Crippen LogP contribution in [0, 0.1) is 11.8 Å². The van der Waals surface area contributed by atoms with Crippen molar-refractivity contribution in [3.05, 3.63) is 46.8 Å². The highest BCUT2D eigenvalue weighted by Gasteiger charge is 2.30. The minimum absolute atomic E-state index is 0.0420. The van der Waals surface area contributed by atoms with Gasteiger partial charge in [-0.1, -0.05) is 24.8 Å². The molecule has 140 valence electrons. The highest BCUT2D eigenvalue weighted by atomic mass is 32.2. The van der Waals surface area contributed by atoms with Crippen molar-refractivity contribution >= 4 is 21.4 Å². The lowest BCUT2D eigenvalue weighted by molar-refractivity contribution is -0.137. The summed E-state index contributed by atoms with van der Waals surface area (Å²) in [7, 11) is -3.61. The molecule has 26 heavy (non-hydrogen) atoms. The molecule has 0 amide bonds.